The molecule has 3 heterocycles. The molecule has 0 saturated carbocycles. The Morgan fingerprint density at radius 1 is 1.11 bits per heavy atom. The molecule has 1 saturated heterocycles. The van der Waals surface area contributed by atoms with E-state index in [4.69, 9.17) is 0 Å². The average molecular weight is 379 g/mol. The SMILES string of the molecule is C[C@H](O)CN1CCC(c2cc(-c3ccncc3)c(-c3ccc(F)cc3)[nH]2)CC1. The van der Waals surface area contributed by atoms with Gasteiger partial charge in [0.15, 0.2) is 0 Å². The molecule has 1 aliphatic heterocycles. The summed E-state index contributed by atoms with van der Waals surface area (Å²) < 4.78 is 13.4. The number of aromatic nitrogens is 2. The molecular formula is C23H26FN3O. The maximum atomic E-state index is 13.4. The monoisotopic (exact) mass is 379 g/mol. The Bertz CT molecular complexity index is 897. The van der Waals surface area contributed by atoms with Crippen LogP contribution in [0.25, 0.3) is 22.4 Å². The number of aromatic amines is 1. The molecule has 1 fully saturated rings. The Labute approximate surface area is 165 Å². The fraction of sp³-hybridized carbons (Fsp3) is 0.348. The lowest BCUT2D eigenvalue weighted by Gasteiger charge is -2.32. The molecule has 146 valence electrons. The van der Waals surface area contributed by atoms with Crippen molar-refractivity contribution in [3.63, 3.8) is 0 Å². The van der Waals surface area contributed by atoms with E-state index in [-0.39, 0.29) is 11.9 Å². The molecular weight excluding hydrogens is 353 g/mol. The molecule has 0 bridgehead atoms. The van der Waals surface area contributed by atoms with Crippen molar-refractivity contribution in [2.75, 3.05) is 19.6 Å². The minimum absolute atomic E-state index is 0.230. The van der Waals surface area contributed by atoms with E-state index >= 15 is 0 Å². The van der Waals surface area contributed by atoms with Crippen LogP contribution in [0.2, 0.25) is 0 Å². The third kappa shape index (κ3) is 4.16. The molecule has 1 aromatic carbocycles. The van der Waals surface area contributed by atoms with Crippen LogP contribution in [0.5, 0.6) is 0 Å². The van der Waals surface area contributed by atoms with E-state index in [0.717, 1.165) is 54.9 Å². The third-order valence-corrected chi connectivity index (χ3v) is 5.51. The standard InChI is InChI=1S/C23H26FN3O/c1-16(28)15-27-12-8-18(9-13-27)22-14-21(17-6-10-25-11-7-17)23(26-22)19-2-4-20(24)5-3-19/h2-7,10-11,14,16,18,26,28H,8-9,12-13,15H2,1H3/t16-/m0/s1. The van der Waals surface area contributed by atoms with E-state index in [0.29, 0.717) is 5.92 Å². The predicted octanol–water partition coefficient (Wildman–Crippen LogP) is 4.44. The zero-order valence-corrected chi connectivity index (χ0v) is 16.1. The van der Waals surface area contributed by atoms with E-state index in [1.54, 1.807) is 12.4 Å². The van der Waals surface area contributed by atoms with E-state index in [2.05, 4.69) is 20.9 Å². The van der Waals surface area contributed by atoms with Gasteiger partial charge in [-0.25, -0.2) is 4.39 Å². The fourth-order valence-electron chi connectivity index (χ4n) is 4.10. The van der Waals surface area contributed by atoms with Crippen molar-refractivity contribution >= 4 is 0 Å². The number of hydrogen-bond acceptors (Lipinski definition) is 3. The number of nitrogens with one attached hydrogen (secondary N) is 1. The molecule has 0 unspecified atom stereocenters. The normalized spacial score (nSPS) is 17.0. The van der Waals surface area contributed by atoms with Gasteiger partial charge in [-0.3, -0.25) is 4.98 Å². The molecule has 1 aliphatic rings. The number of hydrogen-bond donors (Lipinski definition) is 2. The molecule has 2 N–H and O–H groups in total. The molecule has 0 amide bonds. The molecule has 28 heavy (non-hydrogen) atoms. The van der Waals surface area contributed by atoms with Crippen LogP contribution < -0.4 is 0 Å². The lowest BCUT2D eigenvalue weighted by molar-refractivity contribution is 0.109. The van der Waals surface area contributed by atoms with E-state index in [9.17, 15) is 9.50 Å². The van der Waals surface area contributed by atoms with Crippen LogP contribution in [0.4, 0.5) is 4.39 Å². The molecule has 3 aromatic rings. The average Bonchev–Trinajstić information content (AvgIpc) is 3.15. The van der Waals surface area contributed by atoms with Gasteiger partial charge in [0.2, 0.25) is 0 Å². The third-order valence-electron chi connectivity index (χ3n) is 5.51. The highest BCUT2D eigenvalue weighted by atomic mass is 19.1. The summed E-state index contributed by atoms with van der Waals surface area (Å²) in [6.07, 6.45) is 5.43. The number of nitrogens with zero attached hydrogens (tertiary/aromatic N) is 2. The number of rotatable bonds is 5. The number of H-pyrrole nitrogens is 1. The summed E-state index contributed by atoms with van der Waals surface area (Å²) in [6.45, 7) is 4.56. The van der Waals surface area contributed by atoms with Crippen LogP contribution in [-0.4, -0.2) is 45.7 Å². The number of aliphatic hydroxyl groups is 1. The van der Waals surface area contributed by atoms with Gasteiger partial charge in [0, 0.05) is 36.1 Å². The fourth-order valence-corrected chi connectivity index (χ4v) is 4.10. The van der Waals surface area contributed by atoms with Crippen LogP contribution in [0.1, 0.15) is 31.4 Å². The van der Waals surface area contributed by atoms with Crippen molar-refractivity contribution in [2.45, 2.75) is 31.8 Å². The van der Waals surface area contributed by atoms with Crippen LogP contribution in [-0.2, 0) is 0 Å². The molecule has 5 heteroatoms. The highest BCUT2D eigenvalue weighted by Gasteiger charge is 2.24. The second kappa shape index (κ2) is 8.25. The maximum absolute atomic E-state index is 13.4. The summed E-state index contributed by atoms with van der Waals surface area (Å²) in [7, 11) is 0. The first-order chi connectivity index (χ1) is 13.6. The number of aliphatic hydroxyl groups excluding tert-OH is 1. The van der Waals surface area contributed by atoms with Crippen molar-refractivity contribution in [3.05, 3.63) is 66.4 Å². The number of β-amino-alcohol motifs (C(OH)–C–C–N with tert-alkyl or cyclic N) is 1. The van der Waals surface area contributed by atoms with E-state index < -0.39 is 0 Å². The molecule has 1 atom stereocenters. The molecule has 0 radical (unpaired) electrons. The van der Waals surface area contributed by atoms with Gasteiger partial charge in [-0.15, -0.1) is 0 Å². The van der Waals surface area contributed by atoms with Crippen molar-refractivity contribution in [1.29, 1.82) is 0 Å². The van der Waals surface area contributed by atoms with Crippen molar-refractivity contribution in [3.8, 4) is 22.4 Å². The van der Waals surface area contributed by atoms with Gasteiger partial charge >= 0.3 is 0 Å². The number of halogens is 1. The predicted molar refractivity (Wildman–Crippen MR) is 110 cm³/mol. The second-order valence-electron chi connectivity index (χ2n) is 7.68. The van der Waals surface area contributed by atoms with Gasteiger partial charge in [0.1, 0.15) is 5.82 Å². The molecule has 4 nitrogen and oxygen atoms in total. The van der Waals surface area contributed by atoms with Gasteiger partial charge in [0.05, 0.1) is 11.8 Å². The topological polar surface area (TPSA) is 52.1 Å². The maximum Gasteiger partial charge on any atom is 0.123 e. The number of likely N-dealkylation sites (tertiary alicyclic amines) is 1. The number of piperidine rings is 1. The first-order valence-corrected chi connectivity index (χ1v) is 9.90. The number of pyridine rings is 1. The smallest absolute Gasteiger partial charge is 0.123 e. The second-order valence-corrected chi connectivity index (χ2v) is 7.68. The van der Waals surface area contributed by atoms with Crippen molar-refractivity contribution in [2.24, 2.45) is 0 Å². The zero-order chi connectivity index (χ0) is 19.5. The van der Waals surface area contributed by atoms with Crippen LogP contribution in [0.3, 0.4) is 0 Å². The zero-order valence-electron chi connectivity index (χ0n) is 16.1. The Morgan fingerprint density at radius 2 is 1.79 bits per heavy atom. The minimum Gasteiger partial charge on any atom is -0.392 e. The summed E-state index contributed by atoms with van der Waals surface area (Å²) in [5.74, 6) is 0.228. The minimum atomic E-state index is -0.287. The Morgan fingerprint density at radius 3 is 2.43 bits per heavy atom. The highest BCUT2D eigenvalue weighted by Crippen LogP contribution is 2.37. The van der Waals surface area contributed by atoms with Gasteiger partial charge in [0.25, 0.3) is 0 Å². The van der Waals surface area contributed by atoms with Gasteiger partial charge in [-0.05, 0) is 86.4 Å². The number of benzene rings is 1. The Kier molecular flexibility index (Phi) is 5.55. The van der Waals surface area contributed by atoms with Crippen molar-refractivity contribution in [1.82, 2.24) is 14.9 Å². The van der Waals surface area contributed by atoms with Gasteiger partial charge in [-0.1, -0.05) is 0 Å². The lowest BCUT2D eigenvalue weighted by Crippen LogP contribution is -2.37. The largest absolute Gasteiger partial charge is 0.392 e. The van der Waals surface area contributed by atoms with Crippen LogP contribution >= 0.6 is 0 Å². The summed E-state index contributed by atoms with van der Waals surface area (Å²) in [5, 5.41) is 9.62. The van der Waals surface area contributed by atoms with Crippen molar-refractivity contribution < 1.29 is 9.50 Å². The highest BCUT2D eigenvalue weighted by molar-refractivity contribution is 5.82. The Balaban J connectivity index is 1.64. The lowest BCUT2D eigenvalue weighted by atomic mass is 9.93. The first kappa shape index (κ1) is 18.8. The summed E-state index contributed by atoms with van der Waals surface area (Å²) in [5.41, 5.74) is 5.44. The first-order valence-electron chi connectivity index (χ1n) is 9.90. The molecule has 4 rings (SSSR count). The molecule has 0 spiro atoms. The van der Waals surface area contributed by atoms with E-state index in [1.807, 2.05) is 31.2 Å². The Hall–Kier alpha value is -2.50. The van der Waals surface area contributed by atoms with Crippen LogP contribution in [0, 0.1) is 5.82 Å². The van der Waals surface area contributed by atoms with Gasteiger partial charge < -0.3 is 15.0 Å². The summed E-state index contributed by atoms with van der Waals surface area (Å²) >= 11 is 0. The van der Waals surface area contributed by atoms with Gasteiger partial charge in [-0.2, -0.15) is 0 Å². The molecule has 2 aromatic heterocycles. The summed E-state index contributed by atoms with van der Waals surface area (Å²) in [6, 6.07) is 12.9. The molecule has 0 aliphatic carbocycles. The summed E-state index contributed by atoms with van der Waals surface area (Å²) in [4.78, 5) is 10.1. The van der Waals surface area contributed by atoms with Crippen LogP contribution in [0.15, 0.2) is 54.9 Å². The quantitative estimate of drug-likeness (QED) is 0.689. The van der Waals surface area contributed by atoms with E-state index in [1.165, 1.54) is 17.8 Å².